The molecule has 0 aliphatic rings. The van der Waals surface area contributed by atoms with Gasteiger partial charge in [-0.15, -0.1) is 0 Å². The molecule has 3 rings (SSSR count). The fraction of sp³-hybridized carbons (Fsp3) is 0.182. The number of nitrogens with zero attached hydrogens (tertiary/aromatic N) is 3. The number of anilines is 1. The molecule has 1 heterocycles. The Labute approximate surface area is 182 Å². The zero-order valence-electron chi connectivity index (χ0n) is 17.3. The number of carbonyl (C=O) groups excluding carboxylic acids is 1. The Bertz CT molecular complexity index is 1100. The molecule has 0 radical (unpaired) electrons. The molecule has 0 bridgehead atoms. The SMILES string of the molecule is CN(C)C(=O)Oc1ccc(C[C@H](Nc2ncncc2-c2c(F)cccc2F)C(=O)O)cc1. The Kier molecular flexibility index (Phi) is 6.93. The van der Waals surface area contributed by atoms with Gasteiger partial charge in [0.1, 0.15) is 35.6 Å². The van der Waals surface area contributed by atoms with E-state index in [0.717, 1.165) is 18.5 Å². The first-order chi connectivity index (χ1) is 15.3. The second kappa shape index (κ2) is 9.82. The molecule has 2 N–H and O–H groups in total. The summed E-state index contributed by atoms with van der Waals surface area (Å²) in [6, 6.07) is 8.57. The standard InChI is InChI=1S/C22H20F2N4O4/c1-28(2)22(31)32-14-8-6-13(7-9-14)10-18(21(29)30)27-20-15(11-25-12-26-20)19-16(23)4-3-5-17(19)24/h3-9,11-12,18H,10H2,1-2H3,(H,29,30)(H,25,26,27)/t18-/m0/s1. The Morgan fingerprint density at radius 1 is 1.12 bits per heavy atom. The van der Waals surface area contributed by atoms with Gasteiger partial charge in [-0.25, -0.2) is 28.3 Å². The Morgan fingerprint density at radius 2 is 1.78 bits per heavy atom. The molecule has 0 spiro atoms. The summed E-state index contributed by atoms with van der Waals surface area (Å²) in [7, 11) is 3.10. The number of carboxylic acids is 1. The highest BCUT2D eigenvalue weighted by molar-refractivity contribution is 5.81. The van der Waals surface area contributed by atoms with Gasteiger partial charge < -0.3 is 20.1 Å². The number of ether oxygens (including phenoxy) is 1. The van der Waals surface area contributed by atoms with E-state index < -0.39 is 29.7 Å². The van der Waals surface area contributed by atoms with E-state index >= 15 is 0 Å². The van der Waals surface area contributed by atoms with Crippen molar-refractivity contribution in [2.24, 2.45) is 0 Å². The van der Waals surface area contributed by atoms with Gasteiger partial charge in [0.15, 0.2) is 0 Å². The minimum atomic E-state index is -1.19. The molecule has 10 heteroatoms. The number of aromatic nitrogens is 2. The smallest absolute Gasteiger partial charge is 0.414 e. The number of benzene rings is 2. The Balaban J connectivity index is 1.82. The van der Waals surface area contributed by atoms with Crippen molar-refractivity contribution >= 4 is 17.9 Å². The second-order valence-electron chi connectivity index (χ2n) is 7.03. The van der Waals surface area contributed by atoms with Crippen LogP contribution in [0.2, 0.25) is 0 Å². The summed E-state index contributed by atoms with van der Waals surface area (Å²) in [4.78, 5) is 32.5. The number of amides is 1. The van der Waals surface area contributed by atoms with Crippen LogP contribution in [0.25, 0.3) is 11.1 Å². The van der Waals surface area contributed by atoms with E-state index in [-0.39, 0.29) is 23.4 Å². The zero-order valence-corrected chi connectivity index (χ0v) is 17.3. The maximum absolute atomic E-state index is 14.3. The van der Waals surface area contributed by atoms with Crippen LogP contribution in [0.3, 0.4) is 0 Å². The average Bonchev–Trinajstić information content (AvgIpc) is 2.75. The van der Waals surface area contributed by atoms with Gasteiger partial charge in [-0.2, -0.15) is 0 Å². The predicted molar refractivity (Wildman–Crippen MR) is 112 cm³/mol. The van der Waals surface area contributed by atoms with Gasteiger partial charge in [-0.05, 0) is 29.8 Å². The number of aliphatic carboxylic acids is 1. The van der Waals surface area contributed by atoms with Crippen LogP contribution in [0, 0.1) is 11.6 Å². The molecule has 2 aromatic carbocycles. The summed E-state index contributed by atoms with van der Waals surface area (Å²) in [6.45, 7) is 0. The summed E-state index contributed by atoms with van der Waals surface area (Å²) in [5, 5.41) is 12.4. The number of hydrogen-bond acceptors (Lipinski definition) is 6. The predicted octanol–water partition coefficient (Wildman–Crippen LogP) is 3.59. The molecule has 0 saturated heterocycles. The largest absolute Gasteiger partial charge is 0.480 e. The van der Waals surface area contributed by atoms with Gasteiger partial charge in [0.05, 0.1) is 5.56 Å². The van der Waals surface area contributed by atoms with Gasteiger partial charge >= 0.3 is 12.1 Å². The first-order valence-electron chi connectivity index (χ1n) is 9.48. The zero-order chi connectivity index (χ0) is 23.3. The summed E-state index contributed by atoms with van der Waals surface area (Å²) in [5.74, 6) is -2.55. The van der Waals surface area contributed by atoms with Crippen molar-refractivity contribution in [2.45, 2.75) is 12.5 Å². The van der Waals surface area contributed by atoms with E-state index in [1.54, 1.807) is 38.4 Å². The fourth-order valence-corrected chi connectivity index (χ4v) is 2.87. The lowest BCUT2D eigenvalue weighted by molar-refractivity contribution is -0.137. The van der Waals surface area contributed by atoms with Gasteiger partial charge in [0.2, 0.25) is 0 Å². The van der Waals surface area contributed by atoms with Crippen molar-refractivity contribution in [1.82, 2.24) is 14.9 Å². The number of rotatable bonds is 7. The molecule has 1 atom stereocenters. The molecule has 0 aliphatic heterocycles. The summed E-state index contributed by atoms with van der Waals surface area (Å²) < 4.78 is 33.7. The van der Waals surface area contributed by atoms with Crippen LogP contribution in [0.5, 0.6) is 5.75 Å². The lowest BCUT2D eigenvalue weighted by Gasteiger charge is -2.18. The molecule has 0 saturated carbocycles. The summed E-state index contributed by atoms with van der Waals surface area (Å²) in [5.41, 5.74) is 0.273. The van der Waals surface area contributed by atoms with Gasteiger partial charge in [-0.3, -0.25) is 0 Å². The van der Waals surface area contributed by atoms with Crippen molar-refractivity contribution in [1.29, 1.82) is 0 Å². The molecule has 0 unspecified atom stereocenters. The molecule has 1 aromatic heterocycles. The lowest BCUT2D eigenvalue weighted by Crippen LogP contribution is -2.32. The fourth-order valence-electron chi connectivity index (χ4n) is 2.87. The van der Waals surface area contributed by atoms with Crippen LogP contribution in [-0.2, 0) is 11.2 Å². The number of halogens is 2. The molecule has 3 aromatic rings. The molecule has 0 aliphatic carbocycles. The van der Waals surface area contributed by atoms with Crippen LogP contribution >= 0.6 is 0 Å². The highest BCUT2D eigenvalue weighted by atomic mass is 19.1. The van der Waals surface area contributed by atoms with Crippen molar-refractivity contribution < 1.29 is 28.2 Å². The molecule has 32 heavy (non-hydrogen) atoms. The topological polar surface area (TPSA) is 105 Å². The van der Waals surface area contributed by atoms with Gasteiger partial charge in [0.25, 0.3) is 0 Å². The minimum absolute atomic E-state index is 0.000274. The number of carbonyl (C=O) groups is 2. The first-order valence-corrected chi connectivity index (χ1v) is 9.48. The highest BCUT2D eigenvalue weighted by Gasteiger charge is 2.22. The number of carboxylic acid groups (broad SMARTS) is 1. The Morgan fingerprint density at radius 3 is 2.38 bits per heavy atom. The number of nitrogens with one attached hydrogen (secondary N) is 1. The maximum Gasteiger partial charge on any atom is 0.414 e. The third kappa shape index (κ3) is 5.34. The molecular formula is C22H20F2N4O4. The van der Waals surface area contributed by atoms with Crippen molar-refractivity contribution in [2.75, 3.05) is 19.4 Å². The Hall–Kier alpha value is -4.08. The average molecular weight is 442 g/mol. The van der Waals surface area contributed by atoms with Crippen LogP contribution in [0.15, 0.2) is 55.0 Å². The number of hydrogen-bond donors (Lipinski definition) is 2. The van der Waals surface area contributed by atoms with Crippen LogP contribution in [0.4, 0.5) is 19.4 Å². The quantitative estimate of drug-likeness (QED) is 0.576. The third-order valence-corrected chi connectivity index (χ3v) is 4.49. The monoisotopic (exact) mass is 442 g/mol. The van der Waals surface area contributed by atoms with Crippen molar-refractivity contribution in [3.63, 3.8) is 0 Å². The van der Waals surface area contributed by atoms with Crippen LogP contribution < -0.4 is 10.1 Å². The van der Waals surface area contributed by atoms with E-state index in [9.17, 15) is 23.5 Å². The molecule has 166 valence electrons. The maximum atomic E-state index is 14.3. The minimum Gasteiger partial charge on any atom is -0.480 e. The van der Waals surface area contributed by atoms with Crippen LogP contribution in [0.1, 0.15) is 5.56 Å². The molecule has 0 fully saturated rings. The highest BCUT2D eigenvalue weighted by Crippen LogP contribution is 2.30. The van der Waals surface area contributed by atoms with Gasteiger partial charge in [-0.1, -0.05) is 18.2 Å². The van der Waals surface area contributed by atoms with Crippen LogP contribution in [-0.4, -0.2) is 52.2 Å². The van der Waals surface area contributed by atoms with Crippen molar-refractivity contribution in [3.8, 4) is 16.9 Å². The van der Waals surface area contributed by atoms with E-state index in [1.165, 1.54) is 17.2 Å². The van der Waals surface area contributed by atoms with E-state index in [4.69, 9.17) is 4.74 Å². The van der Waals surface area contributed by atoms with Crippen molar-refractivity contribution in [3.05, 3.63) is 72.2 Å². The van der Waals surface area contributed by atoms with E-state index in [1.807, 2.05) is 0 Å². The molecular weight excluding hydrogens is 422 g/mol. The first kappa shape index (κ1) is 22.6. The molecule has 1 amide bonds. The van der Waals surface area contributed by atoms with Gasteiger partial charge in [0, 0.05) is 32.3 Å². The van der Waals surface area contributed by atoms with E-state index in [2.05, 4.69) is 15.3 Å². The summed E-state index contributed by atoms with van der Waals surface area (Å²) in [6.07, 6.45) is 1.85. The lowest BCUT2D eigenvalue weighted by atomic mass is 10.0. The normalized spacial score (nSPS) is 11.5. The van der Waals surface area contributed by atoms with E-state index in [0.29, 0.717) is 11.3 Å². The summed E-state index contributed by atoms with van der Waals surface area (Å²) >= 11 is 0. The molecule has 8 nitrogen and oxygen atoms in total. The second-order valence-corrected chi connectivity index (χ2v) is 7.03. The third-order valence-electron chi connectivity index (χ3n) is 4.49.